The number of hydrogen-bond acceptors (Lipinski definition) is 5. The van der Waals surface area contributed by atoms with Crippen molar-refractivity contribution < 1.29 is 9.53 Å². The molecule has 0 amide bonds. The summed E-state index contributed by atoms with van der Waals surface area (Å²) < 4.78 is 4.55. The molecule has 2 aromatic heterocycles. The molecule has 0 unspecified atom stereocenters. The summed E-state index contributed by atoms with van der Waals surface area (Å²) in [5.41, 5.74) is 0.139. The summed E-state index contributed by atoms with van der Waals surface area (Å²) in [4.78, 5) is 32.8. The van der Waals surface area contributed by atoms with Crippen LogP contribution in [0.3, 0.4) is 0 Å². The Balaban J connectivity index is 2.83. The Labute approximate surface area is 83.9 Å². The van der Waals surface area contributed by atoms with Crippen LogP contribution in [0.1, 0.15) is 10.4 Å². The molecule has 0 aromatic carbocycles. The maximum Gasteiger partial charge on any atom is 0.341 e. The van der Waals surface area contributed by atoms with Gasteiger partial charge in [-0.2, -0.15) is 0 Å². The van der Waals surface area contributed by atoms with E-state index in [1.165, 1.54) is 25.8 Å². The lowest BCUT2D eigenvalue weighted by atomic mass is 10.2. The highest BCUT2D eigenvalue weighted by atomic mass is 16.5. The molecule has 0 spiro atoms. The molecule has 2 heterocycles. The van der Waals surface area contributed by atoms with E-state index in [9.17, 15) is 9.59 Å². The van der Waals surface area contributed by atoms with Gasteiger partial charge in [0.25, 0.3) is 5.56 Å². The SMILES string of the molecule is COC(=O)c1cncc2c(=O)[nH]cnc12. The normalized spacial score (nSPS) is 10.2. The van der Waals surface area contributed by atoms with Crippen molar-refractivity contribution in [3.8, 4) is 0 Å². The van der Waals surface area contributed by atoms with Crippen LogP contribution in [0, 0.1) is 0 Å². The van der Waals surface area contributed by atoms with Crippen LogP contribution in [0.5, 0.6) is 0 Å². The number of nitrogens with zero attached hydrogens (tertiary/aromatic N) is 2. The van der Waals surface area contributed by atoms with Crippen molar-refractivity contribution in [2.24, 2.45) is 0 Å². The van der Waals surface area contributed by atoms with E-state index in [4.69, 9.17) is 0 Å². The van der Waals surface area contributed by atoms with Crippen LogP contribution in [0.2, 0.25) is 0 Å². The number of hydrogen-bond donors (Lipinski definition) is 1. The summed E-state index contributed by atoms with van der Waals surface area (Å²) >= 11 is 0. The minimum absolute atomic E-state index is 0.182. The summed E-state index contributed by atoms with van der Waals surface area (Å²) in [5, 5.41) is 0.264. The summed E-state index contributed by atoms with van der Waals surface area (Å²) in [5.74, 6) is -0.564. The Bertz CT molecular complexity index is 576. The Hall–Kier alpha value is -2.24. The van der Waals surface area contributed by atoms with Crippen molar-refractivity contribution in [2.75, 3.05) is 7.11 Å². The highest BCUT2D eigenvalue weighted by molar-refractivity contribution is 6.01. The van der Waals surface area contributed by atoms with Crippen LogP contribution in [0.15, 0.2) is 23.5 Å². The maximum absolute atomic E-state index is 11.4. The van der Waals surface area contributed by atoms with Crippen molar-refractivity contribution in [1.29, 1.82) is 0 Å². The van der Waals surface area contributed by atoms with E-state index in [0.29, 0.717) is 5.52 Å². The van der Waals surface area contributed by atoms with Gasteiger partial charge in [-0.25, -0.2) is 9.78 Å². The van der Waals surface area contributed by atoms with Gasteiger partial charge in [0.2, 0.25) is 0 Å². The molecular formula is C9H7N3O3. The lowest BCUT2D eigenvalue weighted by Gasteiger charge is -2.01. The van der Waals surface area contributed by atoms with Gasteiger partial charge in [0.1, 0.15) is 5.56 Å². The van der Waals surface area contributed by atoms with Gasteiger partial charge in [0.15, 0.2) is 0 Å². The Morgan fingerprint density at radius 2 is 2.27 bits per heavy atom. The predicted octanol–water partition coefficient (Wildman–Crippen LogP) is 0.105. The number of carbonyl (C=O) groups excluding carboxylic acids is 1. The molecular weight excluding hydrogens is 198 g/mol. The molecule has 2 aromatic rings. The summed E-state index contributed by atoms with van der Waals surface area (Å²) in [6.45, 7) is 0. The van der Waals surface area contributed by atoms with Crippen LogP contribution < -0.4 is 5.56 Å². The number of rotatable bonds is 1. The third-order valence-electron chi connectivity index (χ3n) is 1.96. The molecule has 1 N–H and O–H groups in total. The molecule has 0 aliphatic rings. The lowest BCUT2D eigenvalue weighted by Crippen LogP contribution is -2.11. The molecule has 0 saturated heterocycles. The van der Waals surface area contributed by atoms with E-state index in [0.717, 1.165) is 0 Å². The molecule has 0 radical (unpaired) electrons. The zero-order valence-electron chi connectivity index (χ0n) is 7.85. The maximum atomic E-state index is 11.4. The number of aromatic amines is 1. The fraction of sp³-hybridized carbons (Fsp3) is 0.111. The third-order valence-corrected chi connectivity index (χ3v) is 1.96. The Morgan fingerprint density at radius 3 is 3.00 bits per heavy atom. The van der Waals surface area contributed by atoms with Gasteiger partial charge in [-0.3, -0.25) is 9.78 Å². The van der Waals surface area contributed by atoms with E-state index in [1.54, 1.807) is 0 Å². The van der Waals surface area contributed by atoms with Gasteiger partial charge >= 0.3 is 5.97 Å². The summed E-state index contributed by atoms with van der Waals surface area (Å²) in [6, 6.07) is 0. The first kappa shape index (κ1) is 9.32. The van der Waals surface area contributed by atoms with Crippen LogP contribution in [-0.2, 0) is 4.74 Å². The third kappa shape index (κ3) is 1.45. The van der Waals surface area contributed by atoms with Crippen molar-refractivity contribution >= 4 is 16.9 Å². The molecule has 0 aliphatic carbocycles. The number of pyridine rings is 1. The van der Waals surface area contributed by atoms with Gasteiger partial charge in [0, 0.05) is 12.4 Å². The molecule has 6 nitrogen and oxygen atoms in total. The first-order chi connectivity index (χ1) is 7.24. The zero-order chi connectivity index (χ0) is 10.8. The Morgan fingerprint density at radius 1 is 1.47 bits per heavy atom. The molecule has 0 aliphatic heterocycles. The molecule has 0 atom stereocenters. The fourth-order valence-electron chi connectivity index (χ4n) is 1.25. The minimum Gasteiger partial charge on any atom is -0.465 e. The number of methoxy groups -OCH3 is 1. The molecule has 0 bridgehead atoms. The van der Waals surface area contributed by atoms with Crippen LogP contribution in [-0.4, -0.2) is 28.0 Å². The number of fused-ring (bicyclic) bond motifs is 1. The molecule has 2 rings (SSSR count). The lowest BCUT2D eigenvalue weighted by molar-refractivity contribution is 0.0602. The molecule has 0 fully saturated rings. The second-order valence-electron chi connectivity index (χ2n) is 2.81. The minimum atomic E-state index is -0.564. The van der Waals surface area contributed by atoms with Crippen LogP contribution in [0.25, 0.3) is 10.9 Å². The number of carbonyl (C=O) groups is 1. The van der Waals surface area contributed by atoms with E-state index in [-0.39, 0.29) is 16.5 Å². The van der Waals surface area contributed by atoms with Crippen LogP contribution >= 0.6 is 0 Å². The highest BCUT2D eigenvalue weighted by Crippen LogP contribution is 2.11. The first-order valence-corrected chi connectivity index (χ1v) is 4.13. The standard InChI is InChI=1S/C9H7N3O3/c1-15-9(14)6-3-10-2-5-7(6)11-4-12-8(5)13/h2-4H,1H3,(H,11,12,13). The number of H-pyrrole nitrogens is 1. The van der Waals surface area contributed by atoms with E-state index in [1.807, 2.05) is 0 Å². The van der Waals surface area contributed by atoms with Gasteiger partial charge in [-0.15, -0.1) is 0 Å². The van der Waals surface area contributed by atoms with Crippen molar-refractivity contribution in [2.45, 2.75) is 0 Å². The summed E-state index contributed by atoms with van der Waals surface area (Å²) in [7, 11) is 1.26. The topological polar surface area (TPSA) is 84.9 Å². The second-order valence-corrected chi connectivity index (χ2v) is 2.81. The molecule has 6 heteroatoms. The molecule has 0 saturated carbocycles. The van der Waals surface area contributed by atoms with Gasteiger partial charge in [-0.05, 0) is 0 Å². The van der Waals surface area contributed by atoms with E-state index >= 15 is 0 Å². The van der Waals surface area contributed by atoms with Gasteiger partial charge < -0.3 is 9.72 Å². The molecule has 15 heavy (non-hydrogen) atoms. The van der Waals surface area contributed by atoms with Gasteiger partial charge in [-0.1, -0.05) is 0 Å². The average Bonchev–Trinajstić information content (AvgIpc) is 2.28. The predicted molar refractivity (Wildman–Crippen MR) is 51.5 cm³/mol. The van der Waals surface area contributed by atoms with E-state index < -0.39 is 5.97 Å². The summed E-state index contributed by atoms with van der Waals surface area (Å²) in [6.07, 6.45) is 3.91. The smallest absolute Gasteiger partial charge is 0.341 e. The fourth-order valence-corrected chi connectivity index (χ4v) is 1.25. The monoisotopic (exact) mass is 205 g/mol. The Kier molecular flexibility index (Phi) is 2.17. The second kappa shape index (κ2) is 3.49. The van der Waals surface area contributed by atoms with E-state index in [2.05, 4.69) is 19.7 Å². The number of ether oxygens (including phenoxy) is 1. The number of esters is 1. The van der Waals surface area contributed by atoms with Crippen molar-refractivity contribution in [3.63, 3.8) is 0 Å². The number of aromatic nitrogens is 3. The average molecular weight is 205 g/mol. The van der Waals surface area contributed by atoms with Crippen molar-refractivity contribution in [3.05, 3.63) is 34.6 Å². The van der Waals surface area contributed by atoms with Crippen LogP contribution in [0.4, 0.5) is 0 Å². The number of nitrogens with one attached hydrogen (secondary N) is 1. The first-order valence-electron chi connectivity index (χ1n) is 4.13. The van der Waals surface area contributed by atoms with Gasteiger partial charge in [0.05, 0.1) is 24.3 Å². The quantitative estimate of drug-likeness (QED) is 0.667. The van der Waals surface area contributed by atoms with Crippen molar-refractivity contribution in [1.82, 2.24) is 15.0 Å². The zero-order valence-corrected chi connectivity index (χ0v) is 7.85. The molecule has 76 valence electrons. The highest BCUT2D eigenvalue weighted by Gasteiger charge is 2.12. The largest absolute Gasteiger partial charge is 0.465 e.